The largest absolute Gasteiger partial charge is 0.477 e. The Morgan fingerprint density at radius 2 is 1.89 bits per heavy atom. The van der Waals surface area contributed by atoms with Crippen molar-refractivity contribution in [2.75, 3.05) is 0 Å². The Bertz CT molecular complexity index is 777. The fourth-order valence-electron chi connectivity index (χ4n) is 2.11. The molecule has 0 radical (unpaired) electrons. The molecule has 0 saturated heterocycles. The lowest BCUT2D eigenvalue weighted by Gasteiger charge is -2.04. The summed E-state index contributed by atoms with van der Waals surface area (Å²) in [7, 11) is 0. The molecule has 0 spiro atoms. The molecule has 3 nitrogen and oxygen atoms in total. The zero-order valence-corrected chi connectivity index (χ0v) is 10.6. The lowest BCUT2D eigenvalue weighted by Crippen LogP contribution is -1.94. The van der Waals surface area contributed by atoms with Crippen LogP contribution in [0.5, 0.6) is 0 Å². The first-order valence-corrected chi connectivity index (χ1v) is 6.14. The number of nitrogens with one attached hydrogen (secondary N) is 1. The van der Waals surface area contributed by atoms with Crippen molar-refractivity contribution >= 4 is 28.5 Å². The third-order valence-electron chi connectivity index (χ3n) is 3.04. The first kappa shape index (κ1) is 11.8. The molecule has 0 saturated carbocycles. The fourth-order valence-corrected chi connectivity index (χ4v) is 2.36. The topological polar surface area (TPSA) is 53.1 Å². The maximum Gasteiger partial charge on any atom is 0.352 e. The van der Waals surface area contributed by atoms with Gasteiger partial charge in [-0.15, -0.1) is 0 Å². The highest BCUT2D eigenvalue weighted by molar-refractivity contribution is 6.33. The van der Waals surface area contributed by atoms with E-state index in [1.165, 1.54) is 0 Å². The summed E-state index contributed by atoms with van der Waals surface area (Å²) in [6.45, 7) is 0. The number of H-pyrrole nitrogens is 1. The minimum atomic E-state index is -0.963. The molecular formula is C15H10ClNO2. The quantitative estimate of drug-likeness (QED) is 0.734. The number of hydrogen-bond donors (Lipinski definition) is 2. The first-order chi connectivity index (χ1) is 9.15. The van der Waals surface area contributed by atoms with Gasteiger partial charge in [-0.3, -0.25) is 0 Å². The fraction of sp³-hybridized carbons (Fsp3) is 0. The van der Waals surface area contributed by atoms with E-state index in [0.29, 0.717) is 5.02 Å². The predicted octanol–water partition coefficient (Wildman–Crippen LogP) is 4.19. The smallest absolute Gasteiger partial charge is 0.352 e. The first-order valence-electron chi connectivity index (χ1n) is 5.76. The summed E-state index contributed by atoms with van der Waals surface area (Å²) in [4.78, 5) is 13.8. The summed E-state index contributed by atoms with van der Waals surface area (Å²) in [6, 6.07) is 14.9. The van der Waals surface area contributed by atoms with E-state index in [9.17, 15) is 4.79 Å². The molecule has 3 aromatic rings. The Labute approximate surface area is 114 Å². The third kappa shape index (κ3) is 2.09. The van der Waals surface area contributed by atoms with Gasteiger partial charge < -0.3 is 10.1 Å². The van der Waals surface area contributed by atoms with Crippen LogP contribution in [0.25, 0.3) is 22.0 Å². The maximum atomic E-state index is 10.9. The molecule has 3 rings (SSSR count). The normalized spacial score (nSPS) is 10.8. The number of halogens is 1. The van der Waals surface area contributed by atoms with E-state index in [2.05, 4.69) is 4.98 Å². The van der Waals surface area contributed by atoms with Crippen molar-refractivity contribution in [3.8, 4) is 11.1 Å². The molecule has 2 aromatic carbocycles. The molecule has 2 N–H and O–H groups in total. The summed E-state index contributed by atoms with van der Waals surface area (Å²) in [5.74, 6) is -0.963. The van der Waals surface area contributed by atoms with Gasteiger partial charge in [-0.05, 0) is 29.8 Å². The molecule has 0 amide bonds. The van der Waals surface area contributed by atoms with Crippen LogP contribution in [0.15, 0.2) is 48.5 Å². The molecular weight excluding hydrogens is 262 g/mol. The highest BCUT2D eigenvalue weighted by Crippen LogP contribution is 2.30. The average molecular weight is 272 g/mol. The van der Waals surface area contributed by atoms with Gasteiger partial charge in [0, 0.05) is 21.5 Å². The van der Waals surface area contributed by atoms with Crippen molar-refractivity contribution in [1.29, 1.82) is 0 Å². The second kappa shape index (κ2) is 4.44. The number of carboxylic acids is 1. The number of aromatic nitrogens is 1. The lowest BCUT2D eigenvalue weighted by molar-refractivity contribution is 0.0691. The van der Waals surface area contributed by atoms with Crippen molar-refractivity contribution in [1.82, 2.24) is 4.98 Å². The van der Waals surface area contributed by atoms with E-state index in [4.69, 9.17) is 16.7 Å². The minimum absolute atomic E-state index is 0.186. The average Bonchev–Trinajstić information content (AvgIpc) is 2.82. The van der Waals surface area contributed by atoms with Gasteiger partial charge >= 0.3 is 5.97 Å². The third-order valence-corrected chi connectivity index (χ3v) is 3.37. The zero-order valence-electron chi connectivity index (χ0n) is 9.85. The van der Waals surface area contributed by atoms with Crippen LogP contribution >= 0.6 is 11.6 Å². The molecule has 0 fully saturated rings. The molecule has 1 aromatic heterocycles. The molecule has 0 aliphatic carbocycles. The second-order valence-corrected chi connectivity index (χ2v) is 4.68. The van der Waals surface area contributed by atoms with E-state index in [1.807, 2.05) is 42.5 Å². The Morgan fingerprint density at radius 3 is 2.63 bits per heavy atom. The van der Waals surface area contributed by atoms with E-state index in [1.54, 1.807) is 6.07 Å². The maximum absolute atomic E-state index is 10.9. The number of carboxylic acid groups (broad SMARTS) is 1. The number of aromatic carboxylic acids is 1. The predicted molar refractivity (Wildman–Crippen MR) is 75.7 cm³/mol. The van der Waals surface area contributed by atoms with Crippen molar-refractivity contribution < 1.29 is 9.90 Å². The number of rotatable bonds is 2. The van der Waals surface area contributed by atoms with Crippen molar-refractivity contribution in [2.45, 2.75) is 0 Å². The van der Waals surface area contributed by atoms with Crippen molar-refractivity contribution in [3.63, 3.8) is 0 Å². The summed E-state index contributed by atoms with van der Waals surface area (Å²) in [6.07, 6.45) is 0. The van der Waals surface area contributed by atoms with Crippen LogP contribution in [-0.4, -0.2) is 16.1 Å². The summed E-state index contributed by atoms with van der Waals surface area (Å²) in [5.41, 5.74) is 2.89. The molecule has 19 heavy (non-hydrogen) atoms. The lowest BCUT2D eigenvalue weighted by atomic mass is 10.0. The molecule has 0 atom stereocenters. The molecule has 4 heteroatoms. The number of benzene rings is 2. The Kier molecular flexibility index (Phi) is 2.76. The van der Waals surface area contributed by atoms with Crippen LogP contribution in [-0.2, 0) is 0 Å². The standard InChI is InChI=1S/C15H10ClNO2/c16-12-4-2-1-3-11(12)9-5-6-13-10(7-9)8-14(17-13)15(18)19/h1-8,17H,(H,18,19). The monoisotopic (exact) mass is 271 g/mol. The van der Waals surface area contributed by atoms with Gasteiger partial charge in [-0.1, -0.05) is 35.9 Å². The van der Waals surface area contributed by atoms with Crippen LogP contribution < -0.4 is 0 Å². The highest BCUT2D eigenvalue weighted by atomic mass is 35.5. The van der Waals surface area contributed by atoms with E-state index in [0.717, 1.165) is 22.0 Å². The van der Waals surface area contributed by atoms with E-state index >= 15 is 0 Å². The molecule has 0 aliphatic rings. The molecule has 94 valence electrons. The van der Waals surface area contributed by atoms with Gasteiger partial charge in [0.1, 0.15) is 5.69 Å². The Morgan fingerprint density at radius 1 is 1.11 bits per heavy atom. The van der Waals surface area contributed by atoms with Crippen molar-refractivity contribution in [3.05, 3.63) is 59.2 Å². The summed E-state index contributed by atoms with van der Waals surface area (Å²) in [5, 5.41) is 10.5. The number of carbonyl (C=O) groups is 1. The van der Waals surface area contributed by atoms with Gasteiger partial charge in [0.25, 0.3) is 0 Å². The van der Waals surface area contributed by atoms with E-state index < -0.39 is 5.97 Å². The Hall–Kier alpha value is -2.26. The van der Waals surface area contributed by atoms with Crippen LogP contribution in [0.4, 0.5) is 0 Å². The number of aromatic amines is 1. The summed E-state index contributed by atoms with van der Waals surface area (Å²) >= 11 is 6.16. The minimum Gasteiger partial charge on any atom is -0.477 e. The number of fused-ring (bicyclic) bond motifs is 1. The van der Waals surface area contributed by atoms with Gasteiger partial charge in [0.15, 0.2) is 0 Å². The second-order valence-electron chi connectivity index (χ2n) is 4.27. The molecule has 0 aliphatic heterocycles. The molecule has 1 heterocycles. The number of hydrogen-bond acceptors (Lipinski definition) is 1. The van der Waals surface area contributed by atoms with Crippen LogP contribution in [0.2, 0.25) is 5.02 Å². The summed E-state index contributed by atoms with van der Waals surface area (Å²) < 4.78 is 0. The van der Waals surface area contributed by atoms with Gasteiger partial charge in [0.05, 0.1) is 0 Å². The van der Waals surface area contributed by atoms with Gasteiger partial charge in [0.2, 0.25) is 0 Å². The van der Waals surface area contributed by atoms with Crippen LogP contribution in [0.3, 0.4) is 0 Å². The SMILES string of the molecule is O=C(O)c1cc2cc(-c3ccccc3Cl)ccc2[nH]1. The van der Waals surface area contributed by atoms with Crippen LogP contribution in [0, 0.1) is 0 Å². The van der Waals surface area contributed by atoms with E-state index in [-0.39, 0.29) is 5.69 Å². The molecule has 0 unspecified atom stereocenters. The Balaban J connectivity index is 2.16. The zero-order chi connectivity index (χ0) is 13.4. The van der Waals surface area contributed by atoms with Crippen LogP contribution in [0.1, 0.15) is 10.5 Å². The highest BCUT2D eigenvalue weighted by Gasteiger charge is 2.09. The van der Waals surface area contributed by atoms with Gasteiger partial charge in [-0.25, -0.2) is 4.79 Å². The van der Waals surface area contributed by atoms with Gasteiger partial charge in [-0.2, -0.15) is 0 Å². The molecule has 0 bridgehead atoms. The van der Waals surface area contributed by atoms with Crippen molar-refractivity contribution in [2.24, 2.45) is 0 Å².